The number of aryl methyl sites for hydroxylation is 1. The van der Waals surface area contributed by atoms with Crippen LogP contribution in [-0.2, 0) is 6.54 Å². The van der Waals surface area contributed by atoms with Gasteiger partial charge in [0.1, 0.15) is 19.3 Å². The molecule has 0 aliphatic carbocycles. The third-order valence-electron chi connectivity index (χ3n) is 3.22. The van der Waals surface area contributed by atoms with Gasteiger partial charge in [0.25, 0.3) is 11.1 Å². The number of fused-ring (bicyclic) bond motifs is 1. The number of para-hydroxylation sites is 2. The van der Waals surface area contributed by atoms with Crippen LogP contribution < -0.4 is 9.47 Å². The topological polar surface area (TPSA) is 88.1 Å². The molecule has 0 amide bonds. The van der Waals surface area contributed by atoms with Crippen molar-refractivity contribution < 1.29 is 13.9 Å². The quantitative estimate of drug-likeness (QED) is 0.656. The van der Waals surface area contributed by atoms with Gasteiger partial charge in [0.15, 0.2) is 11.5 Å². The summed E-state index contributed by atoms with van der Waals surface area (Å²) >= 11 is 1.46. The fourth-order valence-electron chi connectivity index (χ4n) is 2.12. The van der Waals surface area contributed by atoms with Crippen molar-refractivity contribution in [2.75, 3.05) is 12.4 Å². The lowest BCUT2D eigenvalue weighted by Gasteiger charge is -2.23. The molecule has 0 radical (unpaired) electrons. The third-order valence-corrected chi connectivity index (χ3v) is 4.02. The number of ether oxygens (including phenoxy) is 2. The van der Waals surface area contributed by atoms with Crippen LogP contribution in [0.3, 0.4) is 0 Å². The normalized spacial score (nSPS) is 16.4. The van der Waals surface area contributed by atoms with Crippen molar-refractivity contribution in [2.45, 2.75) is 17.9 Å². The molecule has 0 spiro atoms. The van der Waals surface area contributed by atoms with E-state index in [1.54, 1.807) is 11.0 Å². The van der Waals surface area contributed by atoms with E-state index in [9.17, 15) is 0 Å². The zero-order valence-electron chi connectivity index (χ0n) is 12.0. The largest absolute Gasteiger partial charge is 0.485 e. The molecule has 0 saturated heterocycles. The van der Waals surface area contributed by atoms with Gasteiger partial charge < -0.3 is 13.9 Å². The number of hydrogen-bond donors (Lipinski definition) is 0. The predicted molar refractivity (Wildman–Crippen MR) is 80.4 cm³/mol. The average Bonchev–Trinajstić information content (AvgIpc) is 3.26. The van der Waals surface area contributed by atoms with Crippen molar-refractivity contribution in [3.8, 4) is 11.5 Å². The van der Waals surface area contributed by atoms with Crippen LogP contribution in [0.4, 0.5) is 0 Å². The number of thioether (sulfide) groups is 1. The summed E-state index contributed by atoms with van der Waals surface area (Å²) in [6.45, 7) is 1.07. The lowest BCUT2D eigenvalue weighted by Crippen LogP contribution is -2.21. The maximum Gasteiger partial charge on any atom is 0.276 e. The van der Waals surface area contributed by atoms with E-state index in [-0.39, 0.29) is 6.10 Å². The second-order valence-corrected chi connectivity index (χ2v) is 5.82. The molecule has 8 nitrogen and oxygen atoms in total. The van der Waals surface area contributed by atoms with E-state index in [2.05, 4.69) is 20.3 Å². The lowest BCUT2D eigenvalue weighted by atomic mass is 10.2. The zero-order valence-corrected chi connectivity index (χ0v) is 12.8. The molecule has 2 aromatic heterocycles. The van der Waals surface area contributed by atoms with E-state index >= 15 is 0 Å². The molecule has 23 heavy (non-hydrogen) atoms. The Morgan fingerprint density at radius 1 is 1.22 bits per heavy atom. The molecule has 0 fully saturated rings. The van der Waals surface area contributed by atoms with Gasteiger partial charge in [0, 0.05) is 5.75 Å². The maximum absolute atomic E-state index is 5.84. The minimum atomic E-state index is -0.387. The number of nitrogens with zero attached hydrogens (tertiary/aromatic N) is 5. The average molecular weight is 331 g/mol. The van der Waals surface area contributed by atoms with E-state index < -0.39 is 0 Å². The molecule has 0 unspecified atom stereocenters. The highest BCUT2D eigenvalue weighted by atomic mass is 32.2. The van der Waals surface area contributed by atoms with E-state index in [0.717, 1.165) is 18.0 Å². The molecule has 0 saturated carbocycles. The monoisotopic (exact) mass is 331 g/mol. The summed E-state index contributed by atoms with van der Waals surface area (Å²) in [5.41, 5.74) is 0. The summed E-state index contributed by atoms with van der Waals surface area (Å²) in [5.74, 6) is 2.59. The molecule has 1 atom stereocenters. The summed E-state index contributed by atoms with van der Waals surface area (Å²) in [6.07, 6.45) is 2.79. The highest BCUT2D eigenvalue weighted by molar-refractivity contribution is 7.99. The van der Waals surface area contributed by atoms with Gasteiger partial charge in [0.2, 0.25) is 6.10 Å². The van der Waals surface area contributed by atoms with Crippen molar-refractivity contribution in [1.82, 2.24) is 25.0 Å². The van der Waals surface area contributed by atoms with E-state index in [1.165, 1.54) is 18.1 Å². The Labute approximate surface area is 135 Å². The van der Waals surface area contributed by atoms with Crippen LogP contribution in [0.1, 0.15) is 12.0 Å². The number of aromatic nitrogens is 5. The Hall–Kier alpha value is -2.55. The van der Waals surface area contributed by atoms with Gasteiger partial charge in [0.05, 0.1) is 6.54 Å². The smallest absolute Gasteiger partial charge is 0.276 e. The molecule has 118 valence electrons. The third kappa shape index (κ3) is 3.14. The minimum absolute atomic E-state index is 0.349. The summed E-state index contributed by atoms with van der Waals surface area (Å²) in [4.78, 5) is 3.89. The summed E-state index contributed by atoms with van der Waals surface area (Å²) in [7, 11) is 0. The van der Waals surface area contributed by atoms with Gasteiger partial charge >= 0.3 is 0 Å². The summed E-state index contributed by atoms with van der Waals surface area (Å²) < 4.78 is 18.9. The Balaban J connectivity index is 1.36. The molecule has 0 bridgehead atoms. The Morgan fingerprint density at radius 3 is 3.00 bits per heavy atom. The highest BCUT2D eigenvalue weighted by Crippen LogP contribution is 2.35. The maximum atomic E-state index is 5.84. The van der Waals surface area contributed by atoms with Gasteiger partial charge in [-0.05, 0) is 12.1 Å². The molecule has 1 aromatic carbocycles. The Morgan fingerprint density at radius 2 is 2.13 bits per heavy atom. The molecule has 9 heteroatoms. The van der Waals surface area contributed by atoms with Crippen LogP contribution >= 0.6 is 11.8 Å². The van der Waals surface area contributed by atoms with Crippen molar-refractivity contribution >= 4 is 11.8 Å². The van der Waals surface area contributed by atoms with Crippen LogP contribution in [0.25, 0.3) is 0 Å². The molecule has 0 N–H and O–H groups in total. The first-order valence-electron chi connectivity index (χ1n) is 7.05. The number of rotatable bonds is 5. The Kier molecular flexibility index (Phi) is 3.85. The highest BCUT2D eigenvalue weighted by Gasteiger charge is 2.27. The van der Waals surface area contributed by atoms with Gasteiger partial charge in [-0.15, -0.1) is 10.2 Å². The minimum Gasteiger partial charge on any atom is -0.485 e. The molecule has 1 aliphatic rings. The molecule has 3 heterocycles. The van der Waals surface area contributed by atoms with Crippen molar-refractivity contribution in [3.05, 3.63) is 42.8 Å². The predicted octanol–water partition coefficient (Wildman–Crippen LogP) is 1.97. The van der Waals surface area contributed by atoms with Gasteiger partial charge in [-0.3, -0.25) is 4.68 Å². The first kappa shape index (κ1) is 14.1. The first-order chi connectivity index (χ1) is 11.4. The van der Waals surface area contributed by atoms with Crippen molar-refractivity contribution in [1.29, 1.82) is 0 Å². The second kappa shape index (κ2) is 6.29. The van der Waals surface area contributed by atoms with Gasteiger partial charge in [-0.1, -0.05) is 23.9 Å². The molecular formula is C14H13N5O3S. The molecule has 4 rings (SSSR count). The van der Waals surface area contributed by atoms with E-state index in [0.29, 0.717) is 23.5 Å². The van der Waals surface area contributed by atoms with Crippen LogP contribution in [-0.4, -0.2) is 37.3 Å². The molecule has 3 aromatic rings. The SMILES string of the molecule is c1ccc2c(c1)OC[C@H](c1nnc(SCCn3cncn3)o1)O2. The Bertz CT molecular complexity index is 776. The van der Waals surface area contributed by atoms with Crippen LogP contribution in [0, 0.1) is 0 Å². The van der Waals surface area contributed by atoms with Crippen LogP contribution in [0.2, 0.25) is 0 Å². The second-order valence-electron chi connectivity index (χ2n) is 4.78. The molecular weight excluding hydrogens is 318 g/mol. The number of benzene rings is 1. The van der Waals surface area contributed by atoms with Gasteiger partial charge in [-0.2, -0.15) is 5.10 Å². The van der Waals surface area contributed by atoms with E-state index in [1.807, 2.05) is 24.3 Å². The van der Waals surface area contributed by atoms with Crippen LogP contribution in [0.15, 0.2) is 46.6 Å². The van der Waals surface area contributed by atoms with Crippen LogP contribution in [0.5, 0.6) is 11.5 Å². The van der Waals surface area contributed by atoms with Gasteiger partial charge in [-0.25, -0.2) is 4.98 Å². The van der Waals surface area contributed by atoms with Crippen molar-refractivity contribution in [3.63, 3.8) is 0 Å². The molecule has 1 aliphatic heterocycles. The summed E-state index contributed by atoms with van der Waals surface area (Å²) in [5, 5.41) is 12.6. The lowest BCUT2D eigenvalue weighted by molar-refractivity contribution is 0.0686. The summed E-state index contributed by atoms with van der Waals surface area (Å²) in [6, 6.07) is 7.51. The van der Waals surface area contributed by atoms with Crippen molar-refractivity contribution in [2.24, 2.45) is 0 Å². The fourth-order valence-corrected chi connectivity index (χ4v) is 2.82. The van der Waals surface area contributed by atoms with E-state index in [4.69, 9.17) is 13.9 Å². The fraction of sp³-hybridized carbons (Fsp3) is 0.286. The number of hydrogen-bond acceptors (Lipinski definition) is 8. The first-order valence-corrected chi connectivity index (χ1v) is 8.04. The standard InChI is InChI=1S/C14H13N5O3S/c1-2-4-11-10(3-1)20-7-12(21-11)13-17-18-14(22-13)23-6-5-19-9-15-8-16-19/h1-4,8-9,12H,5-7H2/t12-/m1/s1. The zero-order chi connectivity index (χ0) is 15.5.